The third-order valence-corrected chi connectivity index (χ3v) is 3.81. The molecule has 0 saturated heterocycles. The lowest BCUT2D eigenvalue weighted by atomic mass is 10.3. The lowest BCUT2D eigenvalue weighted by Crippen LogP contribution is -2.14. The molecule has 0 fully saturated rings. The number of nitrogens with zero attached hydrogens (tertiary/aromatic N) is 1. The van der Waals surface area contributed by atoms with E-state index in [-0.39, 0.29) is 5.88 Å². The maximum absolute atomic E-state index is 11.9. The summed E-state index contributed by atoms with van der Waals surface area (Å²) in [5.74, 6) is 0.680. The average Bonchev–Trinajstić information content (AvgIpc) is 2.65. The fourth-order valence-electron chi connectivity index (χ4n) is 1.73. The molecule has 2 aromatic rings. The Morgan fingerprint density at radius 1 is 1.42 bits per heavy atom. The molecular formula is C12H12Cl2N2O2S. The number of halogens is 2. The van der Waals surface area contributed by atoms with Gasteiger partial charge < -0.3 is 10.1 Å². The normalized spacial score (nSPS) is 10.9. The van der Waals surface area contributed by atoms with E-state index in [0.717, 1.165) is 10.3 Å². The first-order valence-electron chi connectivity index (χ1n) is 5.52. The molecule has 1 heterocycles. The van der Waals surface area contributed by atoms with Crippen LogP contribution >= 0.6 is 35.0 Å². The zero-order chi connectivity index (χ0) is 14.0. The number of aryl methyl sites for hydroxylation is 1. The predicted molar refractivity (Wildman–Crippen MR) is 80.2 cm³/mol. The maximum Gasteiger partial charge on any atom is 0.333 e. The van der Waals surface area contributed by atoms with Gasteiger partial charge in [0.05, 0.1) is 16.4 Å². The Bertz CT molecular complexity index is 652. The lowest BCUT2D eigenvalue weighted by Gasteiger charge is -2.06. The molecule has 0 radical (unpaired) electrons. The minimum atomic E-state index is -0.433. The zero-order valence-electron chi connectivity index (χ0n) is 10.1. The smallest absolute Gasteiger partial charge is 0.333 e. The van der Waals surface area contributed by atoms with Crippen molar-refractivity contribution in [3.63, 3.8) is 0 Å². The number of aromatic nitrogens is 2. The van der Waals surface area contributed by atoms with Crippen LogP contribution in [0, 0.1) is 0 Å². The van der Waals surface area contributed by atoms with Crippen molar-refractivity contribution >= 4 is 35.0 Å². The fourth-order valence-corrected chi connectivity index (χ4v) is 2.51. The van der Waals surface area contributed by atoms with Crippen LogP contribution in [0.2, 0.25) is 10.0 Å². The Morgan fingerprint density at radius 2 is 2.16 bits per heavy atom. The van der Waals surface area contributed by atoms with Crippen molar-refractivity contribution < 1.29 is 5.11 Å². The number of rotatable bonds is 4. The molecule has 0 spiro atoms. The number of imidazole rings is 1. The van der Waals surface area contributed by atoms with Gasteiger partial charge in [0.25, 0.3) is 0 Å². The SMILES string of the molecule is CSCCc1[nH]c(=O)n(-c2cc(Cl)ccc2Cl)c1O. The van der Waals surface area contributed by atoms with Gasteiger partial charge in [0.2, 0.25) is 5.88 Å². The summed E-state index contributed by atoms with van der Waals surface area (Å²) in [6, 6.07) is 4.74. The van der Waals surface area contributed by atoms with Crippen LogP contribution in [0.5, 0.6) is 5.88 Å². The second-order valence-electron chi connectivity index (χ2n) is 3.91. The number of aromatic amines is 1. The van der Waals surface area contributed by atoms with Gasteiger partial charge >= 0.3 is 5.69 Å². The van der Waals surface area contributed by atoms with E-state index in [1.165, 1.54) is 6.07 Å². The summed E-state index contributed by atoms with van der Waals surface area (Å²) < 4.78 is 1.13. The van der Waals surface area contributed by atoms with Crippen molar-refractivity contribution in [1.82, 2.24) is 9.55 Å². The van der Waals surface area contributed by atoms with Crippen molar-refractivity contribution in [3.05, 3.63) is 44.4 Å². The van der Waals surface area contributed by atoms with Gasteiger partial charge in [-0.05, 0) is 30.2 Å². The van der Waals surface area contributed by atoms with Gasteiger partial charge in [-0.15, -0.1) is 0 Å². The highest BCUT2D eigenvalue weighted by molar-refractivity contribution is 7.98. The van der Waals surface area contributed by atoms with Crippen molar-refractivity contribution in [2.45, 2.75) is 6.42 Å². The predicted octanol–water partition coefficient (Wildman–Crippen LogP) is 3.08. The molecule has 0 amide bonds. The van der Waals surface area contributed by atoms with Gasteiger partial charge in [-0.25, -0.2) is 9.36 Å². The highest BCUT2D eigenvalue weighted by Gasteiger charge is 2.16. The molecule has 1 aromatic carbocycles. The van der Waals surface area contributed by atoms with E-state index in [0.29, 0.717) is 27.8 Å². The molecule has 102 valence electrons. The third-order valence-electron chi connectivity index (χ3n) is 2.65. The average molecular weight is 319 g/mol. The minimum Gasteiger partial charge on any atom is -0.493 e. The Morgan fingerprint density at radius 3 is 2.84 bits per heavy atom. The number of hydrogen-bond acceptors (Lipinski definition) is 3. The molecule has 4 nitrogen and oxygen atoms in total. The molecule has 0 bridgehead atoms. The Labute approximate surface area is 124 Å². The summed E-state index contributed by atoms with van der Waals surface area (Å²) in [5.41, 5.74) is 0.427. The topological polar surface area (TPSA) is 58.0 Å². The van der Waals surface area contributed by atoms with Crippen molar-refractivity contribution in [3.8, 4) is 11.6 Å². The lowest BCUT2D eigenvalue weighted by molar-refractivity contribution is 0.435. The van der Waals surface area contributed by atoms with E-state index < -0.39 is 5.69 Å². The Balaban J connectivity index is 2.53. The fraction of sp³-hybridized carbons (Fsp3) is 0.250. The van der Waals surface area contributed by atoms with Crippen LogP contribution in [0.4, 0.5) is 0 Å². The third kappa shape index (κ3) is 2.94. The highest BCUT2D eigenvalue weighted by atomic mass is 35.5. The van der Waals surface area contributed by atoms with Crippen molar-refractivity contribution in [1.29, 1.82) is 0 Å². The standard InChI is InChI=1S/C12H12Cl2N2O2S/c1-19-5-4-9-11(17)16(12(18)15-9)10-6-7(13)2-3-8(10)14/h2-3,6,17H,4-5H2,1H3,(H,15,18). The molecule has 2 N–H and O–H groups in total. The highest BCUT2D eigenvalue weighted by Crippen LogP contribution is 2.27. The molecule has 0 aliphatic heterocycles. The number of hydrogen-bond donors (Lipinski definition) is 2. The number of benzene rings is 1. The molecule has 0 saturated carbocycles. The number of nitrogens with one attached hydrogen (secondary N) is 1. The molecule has 2 rings (SSSR count). The molecule has 0 unspecified atom stereocenters. The van der Waals surface area contributed by atoms with E-state index >= 15 is 0 Å². The largest absolute Gasteiger partial charge is 0.493 e. The summed E-state index contributed by atoms with van der Waals surface area (Å²) >= 11 is 13.6. The summed E-state index contributed by atoms with van der Waals surface area (Å²) in [6.07, 6.45) is 2.54. The van der Waals surface area contributed by atoms with Gasteiger partial charge in [-0.1, -0.05) is 23.2 Å². The van der Waals surface area contributed by atoms with Crippen molar-refractivity contribution in [2.24, 2.45) is 0 Å². The van der Waals surface area contributed by atoms with Crippen LogP contribution in [0.3, 0.4) is 0 Å². The Hall–Kier alpha value is -1.04. The minimum absolute atomic E-state index is 0.122. The van der Waals surface area contributed by atoms with Gasteiger partial charge in [-0.3, -0.25) is 0 Å². The van der Waals surface area contributed by atoms with Gasteiger partial charge in [0.1, 0.15) is 0 Å². The number of aromatic hydroxyl groups is 1. The van der Waals surface area contributed by atoms with Gasteiger partial charge in [0.15, 0.2) is 0 Å². The van der Waals surface area contributed by atoms with Crippen LogP contribution in [-0.2, 0) is 6.42 Å². The first kappa shape index (κ1) is 14.4. The summed E-state index contributed by atoms with van der Waals surface area (Å²) in [4.78, 5) is 14.6. The molecule has 19 heavy (non-hydrogen) atoms. The van der Waals surface area contributed by atoms with Crippen LogP contribution in [-0.4, -0.2) is 26.7 Å². The number of H-pyrrole nitrogens is 1. The first-order chi connectivity index (χ1) is 9.04. The van der Waals surface area contributed by atoms with E-state index in [2.05, 4.69) is 4.98 Å². The quantitative estimate of drug-likeness (QED) is 0.910. The van der Waals surface area contributed by atoms with E-state index in [9.17, 15) is 9.90 Å². The number of thioether (sulfide) groups is 1. The molecule has 0 atom stereocenters. The van der Waals surface area contributed by atoms with Crippen molar-refractivity contribution in [2.75, 3.05) is 12.0 Å². The van der Waals surface area contributed by atoms with Crippen LogP contribution in [0.15, 0.2) is 23.0 Å². The maximum atomic E-state index is 11.9. The monoisotopic (exact) mass is 318 g/mol. The zero-order valence-corrected chi connectivity index (χ0v) is 12.4. The second kappa shape index (κ2) is 5.94. The van der Waals surface area contributed by atoms with Crippen LogP contribution in [0.1, 0.15) is 5.69 Å². The molecule has 0 aliphatic rings. The summed E-state index contributed by atoms with van der Waals surface area (Å²) in [5, 5.41) is 10.9. The Kier molecular flexibility index (Phi) is 4.50. The summed E-state index contributed by atoms with van der Waals surface area (Å²) in [7, 11) is 0. The molecule has 7 heteroatoms. The van der Waals surface area contributed by atoms with Crippen LogP contribution < -0.4 is 5.69 Å². The van der Waals surface area contributed by atoms with E-state index in [1.807, 2.05) is 6.26 Å². The van der Waals surface area contributed by atoms with E-state index in [1.54, 1.807) is 23.9 Å². The molecule has 1 aromatic heterocycles. The van der Waals surface area contributed by atoms with Gasteiger partial charge in [0, 0.05) is 11.4 Å². The van der Waals surface area contributed by atoms with E-state index in [4.69, 9.17) is 23.2 Å². The molecular weight excluding hydrogens is 307 g/mol. The molecule has 0 aliphatic carbocycles. The summed E-state index contributed by atoms with van der Waals surface area (Å²) in [6.45, 7) is 0. The van der Waals surface area contributed by atoms with Gasteiger partial charge in [-0.2, -0.15) is 11.8 Å². The van der Waals surface area contributed by atoms with Crippen LogP contribution in [0.25, 0.3) is 5.69 Å². The first-order valence-corrected chi connectivity index (χ1v) is 7.66. The second-order valence-corrected chi connectivity index (χ2v) is 5.74.